The fourth-order valence-electron chi connectivity index (χ4n) is 3.37. The van der Waals surface area contributed by atoms with E-state index in [1.54, 1.807) is 0 Å². The van der Waals surface area contributed by atoms with Crippen molar-refractivity contribution in [2.45, 2.75) is 38.0 Å². The summed E-state index contributed by atoms with van der Waals surface area (Å²) in [4.78, 5) is 12.1. The van der Waals surface area contributed by atoms with E-state index in [1.807, 2.05) is 55.5 Å². The molecule has 0 atom stereocenters. The molecular formula is C21H22N2O2. The summed E-state index contributed by atoms with van der Waals surface area (Å²) < 4.78 is 5.55. The van der Waals surface area contributed by atoms with Crippen molar-refractivity contribution in [2.24, 2.45) is 0 Å². The number of hydrogen-bond donors (Lipinski definition) is 1. The molecule has 2 aromatic rings. The topological polar surface area (TPSA) is 62.1 Å². The zero-order valence-corrected chi connectivity index (χ0v) is 14.4. The van der Waals surface area contributed by atoms with Gasteiger partial charge in [-0.3, -0.25) is 4.79 Å². The number of carbonyl (C=O) groups is 1. The summed E-state index contributed by atoms with van der Waals surface area (Å²) in [5.74, 6) is 0.511. The summed E-state index contributed by atoms with van der Waals surface area (Å²) in [5.41, 5.74) is 2.41. The molecule has 0 radical (unpaired) electrons. The van der Waals surface area contributed by atoms with E-state index in [-0.39, 0.29) is 17.9 Å². The van der Waals surface area contributed by atoms with Crippen molar-refractivity contribution in [3.63, 3.8) is 0 Å². The molecule has 0 spiro atoms. The SMILES string of the molecule is Cc1ccccc1OCC(=O)Nc1ccc(C2(C#N)CCCC2)cc1. The Morgan fingerprint density at radius 2 is 1.84 bits per heavy atom. The van der Waals surface area contributed by atoms with Gasteiger partial charge in [-0.2, -0.15) is 5.26 Å². The smallest absolute Gasteiger partial charge is 0.262 e. The second-order valence-corrected chi connectivity index (χ2v) is 6.58. The van der Waals surface area contributed by atoms with E-state index in [2.05, 4.69) is 11.4 Å². The average molecular weight is 334 g/mol. The Morgan fingerprint density at radius 3 is 2.48 bits per heavy atom. The molecule has 4 heteroatoms. The standard InChI is InChI=1S/C21H22N2O2/c1-16-6-2-3-7-19(16)25-14-20(24)23-18-10-8-17(9-11-18)21(15-22)12-4-5-13-21/h2-3,6-11H,4-5,12-14H2,1H3,(H,23,24). The number of carbonyl (C=O) groups excluding carboxylic acids is 1. The predicted molar refractivity (Wildman–Crippen MR) is 97.5 cm³/mol. The first-order valence-electron chi connectivity index (χ1n) is 8.63. The monoisotopic (exact) mass is 334 g/mol. The number of nitriles is 1. The summed E-state index contributed by atoms with van der Waals surface area (Å²) >= 11 is 0. The maximum absolute atomic E-state index is 12.1. The lowest BCUT2D eigenvalue weighted by molar-refractivity contribution is -0.118. The van der Waals surface area contributed by atoms with Gasteiger partial charge in [0.2, 0.25) is 0 Å². The zero-order chi connectivity index (χ0) is 17.7. The second kappa shape index (κ2) is 7.40. The van der Waals surface area contributed by atoms with Crippen LogP contribution in [-0.4, -0.2) is 12.5 Å². The Morgan fingerprint density at radius 1 is 1.16 bits per heavy atom. The summed E-state index contributed by atoms with van der Waals surface area (Å²) in [5, 5.41) is 12.4. The van der Waals surface area contributed by atoms with Crippen LogP contribution in [-0.2, 0) is 10.2 Å². The third kappa shape index (κ3) is 3.83. The Kier molecular flexibility index (Phi) is 5.04. The molecule has 1 saturated carbocycles. The molecule has 4 nitrogen and oxygen atoms in total. The minimum atomic E-state index is -0.351. The molecule has 1 aliphatic carbocycles. The summed E-state index contributed by atoms with van der Waals surface area (Å²) in [6.07, 6.45) is 4.03. The number of benzene rings is 2. The lowest BCUT2D eigenvalue weighted by atomic mass is 9.80. The number of anilines is 1. The van der Waals surface area contributed by atoms with Gasteiger partial charge in [0, 0.05) is 5.69 Å². The first-order valence-corrected chi connectivity index (χ1v) is 8.63. The number of nitrogens with zero attached hydrogens (tertiary/aromatic N) is 1. The van der Waals surface area contributed by atoms with E-state index in [9.17, 15) is 10.1 Å². The molecule has 0 aliphatic heterocycles. The predicted octanol–water partition coefficient (Wildman–Crippen LogP) is 4.35. The van der Waals surface area contributed by atoms with Crippen LogP contribution in [0.25, 0.3) is 0 Å². The number of nitrogens with one attached hydrogen (secondary N) is 1. The van der Waals surface area contributed by atoms with Crippen molar-refractivity contribution in [2.75, 3.05) is 11.9 Å². The molecule has 0 unspecified atom stereocenters. The lowest BCUT2D eigenvalue weighted by Gasteiger charge is -2.21. The van der Waals surface area contributed by atoms with Crippen LogP contribution in [0, 0.1) is 18.3 Å². The maximum atomic E-state index is 12.1. The van der Waals surface area contributed by atoms with Gasteiger partial charge in [-0.1, -0.05) is 43.2 Å². The van der Waals surface area contributed by atoms with E-state index < -0.39 is 0 Å². The van der Waals surface area contributed by atoms with Crippen LogP contribution < -0.4 is 10.1 Å². The number of aryl methyl sites for hydroxylation is 1. The van der Waals surface area contributed by atoms with E-state index >= 15 is 0 Å². The second-order valence-electron chi connectivity index (χ2n) is 6.58. The minimum Gasteiger partial charge on any atom is -0.483 e. The number of amides is 1. The Labute approximate surface area is 148 Å². The molecular weight excluding hydrogens is 312 g/mol. The third-order valence-corrected chi connectivity index (χ3v) is 4.84. The normalized spacial score (nSPS) is 15.4. The van der Waals surface area contributed by atoms with Crippen LogP contribution in [0.4, 0.5) is 5.69 Å². The van der Waals surface area contributed by atoms with Crippen LogP contribution in [0.1, 0.15) is 36.8 Å². The highest BCUT2D eigenvalue weighted by molar-refractivity contribution is 5.91. The quantitative estimate of drug-likeness (QED) is 0.884. The minimum absolute atomic E-state index is 0.0330. The summed E-state index contributed by atoms with van der Waals surface area (Å²) in [6.45, 7) is 1.91. The van der Waals surface area contributed by atoms with Gasteiger partial charge in [0.05, 0.1) is 11.5 Å². The molecule has 0 saturated heterocycles. The van der Waals surface area contributed by atoms with E-state index in [4.69, 9.17) is 4.74 Å². The number of rotatable bonds is 5. The highest BCUT2D eigenvalue weighted by Crippen LogP contribution is 2.40. The molecule has 1 fully saturated rings. The molecule has 0 aromatic heterocycles. The van der Waals surface area contributed by atoms with Gasteiger partial charge in [0.1, 0.15) is 5.75 Å². The average Bonchev–Trinajstić information content (AvgIpc) is 3.12. The van der Waals surface area contributed by atoms with Gasteiger partial charge in [0.25, 0.3) is 5.91 Å². The van der Waals surface area contributed by atoms with Gasteiger partial charge in [0.15, 0.2) is 6.61 Å². The van der Waals surface area contributed by atoms with Crippen LogP contribution >= 0.6 is 0 Å². The van der Waals surface area contributed by atoms with Gasteiger partial charge in [-0.15, -0.1) is 0 Å². The first-order chi connectivity index (χ1) is 12.1. The molecule has 25 heavy (non-hydrogen) atoms. The van der Waals surface area contributed by atoms with Crippen molar-refractivity contribution in [3.8, 4) is 11.8 Å². The number of hydrogen-bond acceptors (Lipinski definition) is 3. The molecule has 0 heterocycles. The maximum Gasteiger partial charge on any atom is 0.262 e. The van der Waals surface area contributed by atoms with E-state index in [0.717, 1.165) is 36.8 Å². The van der Waals surface area contributed by atoms with Crippen molar-refractivity contribution in [3.05, 3.63) is 59.7 Å². The molecule has 3 rings (SSSR count). The zero-order valence-electron chi connectivity index (χ0n) is 14.4. The Balaban J connectivity index is 1.59. The van der Waals surface area contributed by atoms with Crippen LogP contribution in [0.5, 0.6) is 5.75 Å². The Hall–Kier alpha value is -2.80. The lowest BCUT2D eigenvalue weighted by Crippen LogP contribution is -2.21. The van der Waals surface area contributed by atoms with Gasteiger partial charge in [-0.05, 0) is 49.1 Å². The molecule has 2 aromatic carbocycles. The van der Waals surface area contributed by atoms with Crippen molar-refractivity contribution >= 4 is 11.6 Å². The third-order valence-electron chi connectivity index (χ3n) is 4.84. The van der Waals surface area contributed by atoms with Gasteiger partial charge >= 0.3 is 0 Å². The number of para-hydroxylation sites is 1. The molecule has 1 amide bonds. The van der Waals surface area contributed by atoms with Gasteiger partial charge < -0.3 is 10.1 Å². The fourth-order valence-corrected chi connectivity index (χ4v) is 3.37. The molecule has 1 aliphatic rings. The van der Waals surface area contributed by atoms with Crippen LogP contribution in [0.2, 0.25) is 0 Å². The van der Waals surface area contributed by atoms with Crippen molar-refractivity contribution in [1.82, 2.24) is 0 Å². The van der Waals surface area contributed by atoms with Crippen molar-refractivity contribution < 1.29 is 9.53 Å². The van der Waals surface area contributed by atoms with Crippen LogP contribution in [0.3, 0.4) is 0 Å². The first kappa shape index (κ1) is 17.0. The summed E-state index contributed by atoms with van der Waals surface area (Å²) in [6, 6.07) is 17.7. The molecule has 1 N–H and O–H groups in total. The van der Waals surface area contributed by atoms with E-state index in [1.165, 1.54) is 0 Å². The molecule has 0 bridgehead atoms. The summed E-state index contributed by atoms with van der Waals surface area (Å²) in [7, 11) is 0. The number of ether oxygens (including phenoxy) is 1. The van der Waals surface area contributed by atoms with Gasteiger partial charge in [-0.25, -0.2) is 0 Å². The highest BCUT2D eigenvalue weighted by Gasteiger charge is 2.35. The van der Waals surface area contributed by atoms with Crippen LogP contribution in [0.15, 0.2) is 48.5 Å². The Bertz CT molecular complexity index is 784. The molecule has 128 valence electrons. The van der Waals surface area contributed by atoms with E-state index in [0.29, 0.717) is 11.4 Å². The van der Waals surface area contributed by atoms with Crippen molar-refractivity contribution in [1.29, 1.82) is 5.26 Å². The highest BCUT2D eigenvalue weighted by atomic mass is 16.5. The fraction of sp³-hybridized carbons (Fsp3) is 0.333. The largest absolute Gasteiger partial charge is 0.483 e.